The van der Waals surface area contributed by atoms with Gasteiger partial charge in [-0.05, 0) is 36.8 Å². The second-order valence-electron chi connectivity index (χ2n) is 4.76. The van der Waals surface area contributed by atoms with Gasteiger partial charge < -0.3 is 5.73 Å². The van der Waals surface area contributed by atoms with Crippen molar-refractivity contribution in [2.24, 2.45) is 5.73 Å². The van der Waals surface area contributed by atoms with Gasteiger partial charge in [-0.15, -0.1) is 0 Å². The molecule has 0 bridgehead atoms. The molecule has 22 heavy (non-hydrogen) atoms. The fourth-order valence-corrected chi connectivity index (χ4v) is 2.25. The normalized spacial score (nSPS) is 10.6. The Morgan fingerprint density at radius 1 is 1.41 bits per heavy atom. The Morgan fingerprint density at radius 3 is 2.86 bits per heavy atom. The van der Waals surface area contributed by atoms with E-state index in [1.807, 2.05) is 6.07 Å². The lowest BCUT2D eigenvalue weighted by Crippen LogP contribution is -2.15. The smallest absolute Gasteiger partial charge is 0.269 e. The lowest BCUT2D eigenvalue weighted by molar-refractivity contribution is 0.0993. The number of benzene rings is 1. The number of imidazole rings is 1. The molecule has 3 rings (SSSR count). The van der Waals surface area contributed by atoms with Gasteiger partial charge in [-0.3, -0.25) is 4.79 Å². The van der Waals surface area contributed by atoms with Gasteiger partial charge in [0.1, 0.15) is 11.5 Å². The fraction of sp³-hybridized carbons (Fsp3) is 0.0667. The SMILES string of the molecule is Cc1cc(-c2ccc(F)cc2C#N)nn2c(C(N)=O)cnc12. The Balaban J connectivity index is 2.31. The summed E-state index contributed by atoms with van der Waals surface area (Å²) in [6.45, 7) is 1.80. The topological polar surface area (TPSA) is 97.1 Å². The molecule has 0 spiro atoms. The summed E-state index contributed by atoms with van der Waals surface area (Å²) in [7, 11) is 0. The van der Waals surface area contributed by atoms with Crippen LogP contribution < -0.4 is 5.73 Å². The summed E-state index contributed by atoms with van der Waals surface area (Å²) < 4.78 is 14.6. The Bertz CT molecular complexity index is 954. The minimum Gasteiger partial charge on any atom is -0.364 e. The van der Waals surface area contributed by atoms with E-state index in [1.165, 1.54) is 22.8 Å². The molecular formula is C15H10FN5O. The van der Waals surface area contributed by atoms with Crippen LogP contribution in [-0.2, 0) is 0 Å². The number of aromatic nitrogens is 3. The van der Waals surface area contributed by atoms with Crippen molar-refractivity contribution in [3.05, 3.63) is 53.1 Å². The van der Waals surface area contributed by atoms with Crippen LogP contribution in [0.25, 0.3) is 16.9 Å². The molecule has 7 heteroatoms. The predicted molar refractivity (Wildman–Crippen MR) is 76.4 cm³/mol. The number of nitrogens with two attached hydrogens (primary N) is 1. The van der Waals surface area contributed by atoms with E-state index in [4.69, 9.17) is 11.0 Å². The van der Waals surface area contributed by atoms with Crippen molar-refractivity contribution in [2.45, 2.75) is 6.92 Å². The van der Waals surface area contributed by atoms with Gasteiger partial charge >= 0.3 is 0 Å². The van der Waals surface area contributed by atoms with Gasteiger partial charge in [-0.1, -0.05) is 0 Å². The maximum Gasteiger partial charge on any atom is 0.269 e. The van der Waals surface area contributed by atoms with Gasteiger partial charge in [0, 0.05) is 5.56 Å². The van der Waals surface area contributed by atoms with Crippen LogP contribution in [0.4, 0.5) is 4.39 Å². The molecule has 1 aromatic carbocycles. The van der Waals surface area contributed by atoms with Crippen LogP contribution in [-0.4, -0.2) is 20.5 Å². The van der Waals surface area contributed by atoms with Crippen LogP contribution in [0, 0.1) is 24.1 Å². The van der Waals surface area contributed by atoms with Gasteiger partial charge in [0.2, 0.25) is 0 Å². The highest BCUT2D eigenvalue weighted by molar-refractivity contribution is 5.91. The zero-order valence-corrected chi connectivity index (χ0v) is 11.5. The summed E-state index contributed by atoms with van der Waals surface area (Å²) in [5.74, 6) is -1.16. The lowest BCUT2D eigenvalue weighted by Gasteiger charge is -2.07. The van der Waals surface area contributed by atoms with Crippen molar-refractivity contribution < 1.29 is 9.18 Å². The van der Waals surface area contributed by atoms with Gasteiger partial charge in [0.05, 0.1) is 23.5 Å². The minimum atomic E-state index is -0.656. The number of amides is 1. The minimum absolute atomic E-state index is 0.139. The maximum atomic E-state index is 13.3. The summed E-state index contributed by atoms with van der Waals surface area (Å²) in [4.78, 5) is 15.5. The van der Waals surface area contributed by atoms with E-state index in [0.29, 0.717) is 16.9 Å². The molecule has 0 aliphatic rings. The third kappa shape index (κ3) is 2.07. The molecule has 0 aliphatic heterocycles. The van der Waals surface area contributed by atoms with Crippen molar-refractivity contribution in [3.63, 3.8) is 0 Å². The molecule has 0 unspecified atom stereocenters. The van der Waals surface area contributed by atoms with Crippen LogP contribution in [0.1, 0.15) is 21.6 Å². The lowest BCUT2D eigenvalue weighted by atomic mass is 10.0. The Morgan fingerprint density at radius 2 is 2.18 bits per heavy atom. The summed E-state index contributed by atoms with van der Waals surface area (Å²) in [6, 6.07) is 7.52. The highest BCUT2D eigenvalue weighted by atomic mass is 19.1. The van der Waals surface area contributed by atoms with Gasteiger partial charge in [-0.25, -0.2) is 13.9 Å². The molecule has 0 saturated carbocycles. The molecule has 2 heterocycles. The number of carbonyl (C=O) groups excluding carboxylic acids is 1. The van der Waals surface area contributed by atoms with Crippen LogP contribution in [0.3, 0.4) is 0 Å². The Kier molecular flexibility index (Phi) is 3.07. The number of halogens is 1. The first-order chi connectivity index (χ1) is 10.5. The number of nitriles is 1. The van der Waals surface area contributed by atoms with Gasteiger partial charge in [0.25, 0.3) is 5.91 Å². The van der Waals surface area contributed by atoms with E-state index in [0.717, 1.165) is 11.6 Å². The van der Waals surface area contributed by atoms with Crippen LogP contribution in [0.15, 0.2) is 30.5 Å². The summed E-state index contributed by atoms with van der Waals surface area (Å²) in [5.41, 5.74) is 7.75. The zero-order chi connectivity index (χ0) is 15.9. The van der Waals surface area contributed by atoms with Crippen molar-refractivity contribution in [1.29, 1.82) is 5.26 Å². The molecule has 2 aromatic heterocycles. The number of primary amides is 1. The van der Waals surface area contributed by atoms with E-state index in [1.54, 1.807) is 13.0 Å². The van der Waals surface area contributed by atoms with E-state index < -0.39 is 11.7 Å². The molecule has 0 aliphatic carbocycles. The Labute approximate surface area is 124 Å². The number of rotatable bonds is 2. The molecule has 2 N–H and O–H groups in total. The third-order valence-electron chi connectivity index (χ3n) is 3.28. The molecule has 6 nitrogen and oxygen atoms in total. The van der Waals surface area contributed by atoms with Crippen LogP contribution in [0.2, 0.25) is 0 Å². The van der Waals surface area contributed by atoms with Crippen molar-refractivity contribution in [3.8, 4) is 17.3 Å². The van der Waals surface area contributed by atoms with Gasteiger partial charge in [-0.2, -0.15) is 10.4 Å². The first-order valence-corrected chi connectivity index (χ1v) is 6.36. The number of hydrogen-bond donors (Lipinski definition) is 1. The van der Waals surface area contributed by atoms with Crippen molar-refractivity contribution in [2.75, 3.05) is 0 Å². The molecular weight excluding hydrogens is 285 g/mol. The largest absolute Gasteiger partial charge is 0.364 e. The highest BCUT2D eigenvalue weighted by Crippen LogP contribution is 2.24. The summed E-state index contributed by atoms with van der Waals surface area (Å²) >= 11 is 0. The molecule has 108 valence electrons. The molecule has 0 saturated heterocycles. The van der Waals surface area contributed by atoms with Crippen molar-refractivity contribution in [1.82, 2.24) is 14.6 Å². The third-order valence-corrected chi connectivity index (χ3v) is 3.28. The fourth-order valence-electron chi connectivity index (χ4n) is 2.25. The van der Waals surface area contributed by atoms with Crippen LogP contribution in [0.5, 0.6) is 0 Å². The second kappa shape index (κ2) is 4.93. The molecule has 0 radical (unpaired) electrons. The number of fused-ring (bicyclic) bond motifs is 1. The number of nitrogens with zero attached hydrogens (tertiary/aromatic N) is 4. The zero-order valence-electron chi connectivity index (χ0n) is 11.5. The van der Waals surface area contributed by atoms with E-state index in [9.17, 15) is 9.18 Å². The number of carbonyl (C=O) groups is 1. The monoisotopic (exact) mass is 295 g/mol. The summed E-state index contributed by atoms with van der Waals surface area (Å²) in [6.07, 6.45) is 1.34. The summed E-state index contributed by atoms with van der Waals surface area (Å²) in [5, 5.41) is 13.5. The molecule has 3 aromatic rings. The molecule has 0 atom stereocenters. The molecule has 1 amide bonds. The first-order valence-electron chi connectivity index (χ1n) is 6.36. The van der Waals surface area contributed by atoms with Crippen LogP contribution >= 0.6 is 0 Å². The Hall–Kier alpha value is -3.27. The quantitative estimate of drug-likeness (QED) is 0.779. The van der Waals surface area contributed by atoms with Crippen molar-refractivity contribution >= 4 is 11.6 Å². The maximum absolute atomic E-state index is 13.3. The predicted octanol–water partition coefficient (Wildman–Crippen LogP) is 1.81. The van der Waals surface area contributed by atoms with Gasteiger partial charge in [0.15, 0.2) is 5.65 Å². The van der Waals surface area contributed by atoms with E-state index in [2.05, 4.69) is 10.1 Å². The number of aryl methyl sites for hydroxylation is 1. The average Bonchev–Trinajstić information content (AvgIpc) is 2.91. The number of hydrogen-bond acceptors (Lipinski definition) is 4. The van der Waals surface area contributed by atoms with E-state index >= 15 is 0 Å². The standard InChI is InChI=1S/C15H10FN5O/c1-8-4-12(11-3-2-10(16)5-9(11)6-17)20-21-13(14(18)22)7-19-15(8)21/h2-5,7H,1H3,(H2,18,22). The second-order valence-corrected chi connectivity index (χ2v) is 4.76. The molecule has 0 fully saturated rings. The highest BCUT2D eigenvalue weighted by Gasteiger charge is 2.15. The van der Waals surface area contributed by atoms with E-state index in [-0.39, 0.29) is 11.3 Å². The first kappa shape index (κ1) is 13.7. The average molecular weight is 295 g/mol.